The van der Waals surface area contributed by atoms with Crippen molar-refractivity contribution in [2.45, 2.75) is 26.8 Å². The lowest BCUT2D eigenvalue weighted by molar-refractivity contribution is -0.143. The molecule has 0 bridgehead atoms. The Hall–Kier alpha value is -1.56. The molecule has 6 heteroatoms. The topological polar surface area (TPSA) is 69.6 Å². The average Bonchev–Trinajstić information content (AvgIpc) is 2.80. The fraction of sp³-hybridized carbons (Fsp3) is 0.571. The van der Waals surface area contributed by atoms with Gasteiger partial charge in [-0.1, -0.05) is 6.92 Å². The van der Waals surface area contributed by atoms with E-state index in [0.29, 0.717) is 26.1 Å². The predicted octanol–water partition coefficient (Wildman–Crippen LogP) is 2.31. The van der Waals surface area contributed by atoms with Gasteiger partial charge in [-0.15, -0.1) is 0 Å². The van der Waals surface area contributed by atoms with Crippen molar-refractivity contribution in [3.63, 3.8) is 0 Å². The highest BCUT2D eigenvalue weighted by atomic mass is 32.1. The smallest absolute Gasteiger partial charge is 0.317 e. The molecule has 0 aliphatic carbocycles. The van der Waals surface area contributed by atoms with Crippen molar-refractivity contribution in [1.29, 1.82) is 0 Å². The molecule has 110 valence electrons. The van der Waals surface area contributed by atoms with E-state index in [1.165, 1.54) is 5.56 Å². The van der Waals surface area contributed by atoms with Crippen LogP contribution >= 0.6 is 11.3 Å². The molecule has 1 fully saturated rings. The van der Waals surface area contributed by atoms with E-state index in [4.69, 9.17) is 5.11 Å². The fourth-order valence-electron chi connectivity index (χ4n) is 2.55. The standard InChI is InChI=1S/C14H20N2O3S/c1-9-3-11(13(17)18)6-16(5-9)14(19)15-4-12-8-20-7-10(12)2/h7-9,11H,3-6H2,1-2H3,(H,15,19)(H,17,18). The van der Waals surface area contributed by atoms with Gasteiger partial charge in [-0.05, 0) is 41.1 Å². The Bertz CT molecular complexity index is 500. The minimum absolute atomic E-state index is 0.173. The number of nitrogens with one attached hydrogen (secondary N) is 1. The maximum absolute atomic E-state index is 12.1. The zero-order valence-electron chi connectivity index (χ0n) is 11.8. The summed E-state index contributed by atoms with van der Waals surface area (Å²) >= 11 is 1.62. The normalized spacial score (nSPS) is 22.6. The first kappa shape index (κ1) is 14.8. The highest BCUT2D eigenvalue weighted by Crippen LogP contribution is 2.22. The lowest BCUT2D eigenvalue weighted by Crippen LogP contribution is -2.49. The molecule has 0 spiro atoms. The molecule has 1 saturated heterocycles. The summed E-state index contributed by atoms with van der Waals surface area (Å²) in [6, 6.07) is -0.173. The van der Waals surface area contributed by atoms with Crippen LogP contribution in [0.25, 0.3) is 0 Å². The Labute approximate surface area is 122 Å². The summed E-state index contributed by atoms with van der Waals surface area (Å²) in [5.41, 5.74) is 2.29. The maximum Gasteiger partial charge on any atom is 0.317 e. The Kier molecular flexibility index (Phi) is 4.65. The van der Waals surface area contributed by atoms with Crippen molar-refractivity contribution in [3.8, 4) is 0 Å². The van der Waals surface area contributed by atoms with Crippen molar-refractivity contribution >= 4 is 23.3 Å². The number of hydrogen-bond acceptors (Lipinski definition) is 3. The lowest BCUT2D eigenvalue weighted by atomic mass is 9.91. The van der Waals surface area contributed by atoms with E-state index in [2.05, 4.69) is 5.32 Å². The summed E-state index contributed by atoms with van der Waals surface area (Å²) in [5.74, 6) is -1.05. The van der Waals surface area contributed by atoms with Crippen LogP contribution in [-0.2, 0) is 11.3 Å². The molecule has 2 unspecified atom stereocenters. The molecular weight excluding hydrogens is 276 g/mol. The molecule has 2 rings (SSSR count). The summed E-state index contributed by atoms with van der Waals surface area (Å²) in [6.45, 7) is 5.42. The third kappa shape index (κ3) is 3.50. The number of carboxylic acids is 1. The highest BCUT2D eigenvalue weighted by molar-refractivity contribution is 7.08. The van der Waals surface area contributed by atoms with E-state index in [1.807, 2.05) is 24.6 Å². The van der Waals surface area contributed by atoms with Crippen LogP contribution in [0.2, 0.25) is 0 Å². The molecule has 0 aromatic carbocycles. The number of rotatable bonds is 3. The van der Waals surface area contributed by atoms with Crippen LogP contribution < -0.4 is 5.32 Å². The quantitative estimate of drug-likeness (QED) is 0.899. The van der Waals surface area contributed by atoms with Crippen LogP contribution in [0.3, 0.4) is 0 Å². The van der Waals surface area contributed by atoms with E-state index < -0.39 is 11.9 Å². The number of nitrogens with zero attached hydrogens (tertiary/aromatic N) is 1. The van der Waals surface area contributed by atoms with Crippen LogP contribution in [0.5, 0.6) is 0 Å². The van der Waals surface area contributed by atoms with Gasteiger partial charge in [0.25, 0.3) is 0 Å². The minimum atomic E-state index is -0.817. The summed E-state index contributed by atoms with van der Waals surface area (Å²) in [5, 5.41) is 16.1. The van der Waals surface area contributed by atoms with Crippen LogP contribution in [0.4, 0.5) is 4.79 Å². The lowest BCUT2D eigenvalue weighted by Gasteiger charge is -2.34. The zero-order chi connectivity index (χ0) is 14.7. The predicted molar refractivity (Wildman–Crippen MR) is 77.8 cm³/mol. The summed E-state index contributed by atoms with van der Waals surface area (Å²) in [7, 11) is 0. The molecule has 2 amide bonds. The summed E-state index contributed by atoms with van der Waals surface area (Å²) < 4.78 is 0. The van der Waals surface area contributed by atoms with Gasteiger partial charge < -0.3 is 15.3 Å². The van der Waals surface area contributed by atoms with Crippen LogP contribution in [0, 0.1) is 18.8 Å². The van der Waals surface area contributed by atoms with Crippen molar-refractivity contribution in [3.05, 3.63) is 21.9 Å². The molecule has 2 heterocycles. The van der Waals surface area contributed by atoms with E-state index in [-0.39, 0.29) is 11.9 Å². The SMILES string of the molecule is Cc1cscc1CNC(=O)N1CC(C)CC(C(=O)O)C1. The number of carboxylic acid groups (broad SMARTS) is 1. The van der Waals surface area contributed by atoms with Gasteiger partial charge in [-0.25, -0.2) is 4.79 Å². The molecule has 0 radical (unpaired) electrons. The zero-order valence-corrected chi connectivity index (χ0v) is 12.6. The first-order valence-electron chi connectivity index (χ1n) is 6.74. The maximum atomic E-state index is 12.1. The largest absolute Gasteiger partial charge is 0.481 e. The Morgan fingerprint density at radius 2 is 2.20 bits per heavy atom. The van der Waals surface area contributed by atoms with E-state index >= 15 is 0 Å². The summed E-state index contributed by atoms with van der Waals surface area (Å²) in [6.07, 6.45) is 0.642. The van der Waals surface area contributed by atoms with Crippen molar-refractivity contribution < 1.29 is 14.7 Å². The number of carbonyl (C=O) groups is 2. The number of aliphatic carboxylic acids is 1. The van der Waals surface area contributed by atoms with E-state index in [0.717, 1.165) is 5.56 Å². The molecule has 1 aliphatic rings. The van der Waals surface area contributed by atoms with E-state index in [9.17, 15) is 9.59 Å². The number of amides is 2. The van der Waals surface area contributed by atoms with Crippen LogP contribution in [-0.4, -0.2) is 35.1 Å². The Balaban J connectivity index is 1.91. The van der Waals surface area contributed by atoms with Gasteiger partial charge in [-0.2, -0.15) is 11.3 Å². The van der Waals surface area contributed by atoms with Gasteiger partial charge in [0.05, 0.1) is 5.92 Å². The molecule has 1 aliphatic heterocycles. The number of urea groups is 1. The first-order chi connectivity index (χ1) is 9.47. The minimum Gasteiger partial charge on any atom is -0.481 e. The highest BCUT2D eigenvalue weighted by Gasteiger charge is 2.31. The molecule has 0 saturated carbocycles. The van der Waals surface area contributed by atoms with Gasteiger partial charge in [0.15, 0.2) is 0 Å². The number of likely N-dealkylation sites (tertiary alicyclic amines) is 1. The average molecular weight is 296 g/mol. The second-order valence-corrected chi connectivity index (χ2v) is 6.26. The molecule has 1 aromatic rings. The molecule has 5 nitrogen and oxygen atoms in total. The van der Waals surface area contributed by atoms with Crippen LogP contribution in [0.1, 0.15) is 24.5 Å². The third-order valence-electron chi connectivity index (χ3n) is 3.69. The second kappa shape index (κ2) is 6.26. The number of carbonyl (C=O) groups excluding carboxylic acids is 1. The molecular formula is C14H20N2O3S. The van der Waals surface area contributed by atoms with Gasteiger partial charge in [0.2, 0.25) is 0 Å². The van der Waals surface area contributed by atoms with Gasteiger partial charge in [-0.3, -0.25) is 4.79 Å². The number of hydrogen-bond donors (Lipinski definition) is 2. The molecule has 20 heavy (non-hydrogen) atoms. The number of aryl methyl sites for hydroxylation is 1. The fourth-order valence-corrected chi connectivity index (χ4v) is 3.40. The number of piperidine rings is 1. The second-order valence-electron chi connectivity index (χ2n) is 5.52. The van der Waals surface area contributed by atoms with E-state index in [1.54, 1.807) is 16.2 Å². The van der Waals surface area contributed by atoms with Crippen molar-refractivity contribution in [2.75, 3.05) is 13.1 Å². The third-order valence-corrected chi connectivity index (χ3v) is 4.60. The Morgan fingerprint density at radius 1 is 1.45 bits per heavy atom. The van der Waals surface area contributed by atoms with Crippen molar-refractivity contribution in [2.24, 2.45) is 11.8 Å². The monoisotopic (exact) mass is 296 g/mol. The molecule has 2 atom stereocenters. The summed E-state index contributed by atoms with van der Waals surface area (Å²) in [4.78, 5) is 24.9. The Morgan fingerprint density at radius 3 is 2.80 bits per heavy atom. The number of thiophene rings is 1. The van der Waals surface area contributed by atoms with Crippen molar-refractivity contribution in [1.82, 2.24) is 10.2 Å². The molecule has 2 N–H and O–H groups in total. The first-order valence-corrected chi connectivity index (χ1v) is 7.69. The van der Waals surface area contributed by atoms with Gasteiger partial charge in [0.1, 0.15) is 0 Å². The van der Waals surface area contributed by atoms with Gasteiger partial charge >= 0.3 is 12.0 Å². The van der Waals surface area contributed by atoms with Gasteiger partial charge in [0, 0.05) is 19.6 Å². The van der Waals surface area contributed by atoms with Crippen LogP contribution in [0.15, 0.2) is 10.8 Å². The molecule has 1 aromatic heterocycles.